The summed E-state index contributed by atoms with van der Waals surface area (Å²) >= 11 is 1.83. The molecule has 0 bridgehead atoms. The van der Waals surface area contributed by atoms with E-state index < -0.39 is 0 Å². The molecule has 0 aliphatic carbocycles. The summed E-state index contributed by atoms with van der Waals surface area (Å²) in [4.78, 5) is 10.7. The molecule has 10 aromatic rings. The van der Waals surface area contributed by atoms with Crippen molar-refractivity contribution in [3.63, 3.8) is 0 Å². The van der Waals surface area contributed by atoms with Crippen molar-refractivity contribution in [3.8, 4) is 50.7 Å². The van der Waals surface area contributed by atoms with Crippen LogP contribution in [0.25, 0.3) is 92.7 Å². The molecule has 0 amide bonds. The Morgan fingerprint density at radius 1 is 0.400 bits per heavy atom. The lowest BCUT2D eigenvalue weighted by atomic mass is 10.0. The molecule has 0 spiro atoms. The van der Waals surface area contributed by atoms with E-state index in [4.69, 9.17) is 9.97 Å². The van der Waals surface area contributed by atoms with Crippen LogP contribution in [0.2, 0.25) is 0 Å². The summed E-state index contributed by atoms with van der Waals surface area (Å²) in [5, 5.41) is 4.90. The summed E-state index contributed by atoms with van der Waals surface area (Å²) in [5.41, 5.74) is 10.7. The number of aromatic nitrogens is 3. The molecule has 50 heavy (non-hydrogen) atoms. The van der Waals surface area contributed by atoms with Crippen molar-refractivity contribution in [2.75, 3.05) is 0 Å². The van der Waals surface area contributed by atoms with Gasteiger partial charge >= 0.3 is 0 Å². The topological polar surface area (TPSA) is 30.7 Å². The highest BCUT2D eigenvalue weighted by atomic mass is 32.1. The number of benzene rings is 7. The molecule has 0 radical (unpaired) electrons. The quantitative estimate of drug-likeness (QED) is 0.185. The van der Waals surface area contributed by atoms with Gasteiger partial charge in [-0.25, -0.2) is 9.97 Å². The van der Waals surface area contributed by atoms with E-state index >= 15 is 0 Å². The Bertz CT molecular complexity index is 2850. The summed E-state index contributed by atoms with van der Waals surface area (Å²) in [6, 6.07) is 62.4. The van der Waals surface area contributed by atoms with Gasteiger partial charge in [-0.1, -0.05) is 133 Å². The Labute approximate surface area is 293 Å². The van der Waals surface area contributed by atoms with Crippen molar-refractivity contribution in [1.29, 1.82) is 0 Å². The summed E-state index contributed by atoms with van der Waals surface area (Å²) in [5.74, 6) is 0.711. The lowest BCUT2D eigenvalue weighted by Gasteiger charge is -2.12. The molecule has 3 heterocycles. The van der Waals surface area contributed by atoms with Gasteiger partial charge in [-0.3, -0.25) is 0 Å². The third-order valence-electron chi connectivity index (χ3n) is 9.64. The van der Waals surface area contributed by atoms with E-state index in [2.05, 4.69) is 180 Å². The second kappa shape index (κ2) is 11.7. The maximum atomic E-state index is 5.35. The van der Waals surface area contributed by atoms with Gasteiger partial charge in [0, 0.05) is 53.3 Å². The number of para-hydroxylation sites is 2. The van der Waals surface area contributed by atoms with E-state index in [1.165, 1.54) is 36.7 Å². The first-order valence-corrected chi connectivity index (χ1v) is 17.6. The van der Waals surface area contributed by atoms with Gasteiger partial charge in [0.1, 0.15) is 0 Å². The largest absolute Gasteiger partial charge is 0.309 e. The first kappa shape index (κ1) is 28.6. The molecule has 0 aliphatic rings. The zero-order chi connectivity index (χ0) is 33.0. The van der Waals surface area contributed by atoms with E-state index in [1.54, 1.807) is 0 Å². The highest BCUT2D eigenvalue weighted by Gasteiger charge is 2.19. The Hall–Kier alpha value is -6.36. The Kier molecular flexibility index (Phi) is 6.68. The van der Waals surface area contributed by atoms with E-state index in [0.717, 1.165) is 50.2 Å². The normalized spacial score (nSPS) is 11.6. The number of rotatable bonds is 5. The van der Waals surface area contributed by atoms with Crippen molar-refractivity contribution in [2.24, 2.45) is 0 Å². The Morgan fingerprint density at radius 3 is 1.82 bits per heavy atom. The summed E-state index contributed by atoms with van der Waals surface area (Å²) < 4.78 is 4.89. The number of fused-ring (bicyclic) bond motifs is 6. The van der Waals surface area contributed by atoms with Crippen LogP contribution < -0.4 is 0 Å². The molecular weight excluding hydrogens is 627 g/mol. The first-order chi connectivity index (χ1) is 24.8. The predicted molar refractivity (Wildman–Crippen MR) is 211 cm³/mol. The van der Waals surface area contributed by atoms with Gasteiger partial charge in [0.25, 0.3) is 0 Å². The van der Waals surface area contributed by atoms with Crippen LogP contribution in [0.15, 0.2) is 176 Å². The van der Waals surface area contributed by atoms with Crippen LogP contribution in [0.3, 0.4) is 0 Å². The van der Waals surface area contributed by atoms with Crippen molar-refractivity contribution in [1.82, 2.24) is 14.5 Å². The molecule has 7 aromatic carbocycles. The SMILES string of the molecule is c1ccc(-c2ccc(-c3cc(-c4ccc5c(c4)sc4ccccc45)nc(-c4cccc5c4c4ccccc4n5-c4ccccc4)n3)cc2)cc1. The maximum Gasteiger partial charge on any atom is 0.161 e. The molecule has 0 fully saturated rings. The third-order valence-corrected chi connectivity index (χ3v) is 10.8. The van der Waals surface area contributed by atoms with E-state index in [-0.39, 0.29) is 0 Å². The fourth-order valence-electron chi connectivity index (χ4n) is 7.27. The molecule has 0 saturated heterocycles. The summed E-state index contributed by atoms with van der Waals surface area (Å²) in [6.45, 7) is 0. The minimum absolute atomic E-state index is 0.711. The average molecular weight is 656 g/mol. The fraction of sp³-hybridized carbons (Fsp3) is 0. The summed E-state index contributed by atoms with van der Waals surface area (Å²) in [6.07, 6.45) is 0. The second-order valence-corrected chi connectivity index (χ2v) is 13.7. The molecule has 4 heteroatoms. The van der Waals surface area contributed by atoms with Crippen LogP contribution in [0.1, 0.15) is 0 Å². The molecule has 0 atom stereocenters. The first-order valence-electron chi connectivity index (χ1n) is 16.8. The number of hydrogen-bond donors (Lipinski definition) is 0. The van der Waals surface area contributed by atoms with Gasteiger partial charge in [-0.15, -0.1) is 11.3 Å². The molecule has 0 unspecified atom stereocenters. The van der Waals surface area contributed by atoms with Crippen LogP contribution in [0.5, 0.6) is 0 Å². The van der Waals surface area contributed by atoms with Crippen molar-refractivity contribution in [2.45, 2.75) is 0 Å². The monoisotopic (exact) mass is 655 g/mol. The van der Waals surface area contributed by atoms with E-state index in [0.29, 0.717) is 5.82 Å². The third kappa shape index (κ3) is 4.73. The van der Waals surface area contributed by atoms with Gasteiger partial charge in [0.05, 0.1) is 22.4 Å². The van der Waals surface area contributed by atoms with E-state index in [1.807, 2.05) is 11.3 Å². The molecule has 3 nitrogen and oxygen atoms in total. The van der Waals surface area contributed by atoms with Crippen LogP contribution in [-0.4, -0.2) is 14.5 Å². The minimum atomic E-state index is 0.711. The average Bonchev–Trinajstić information content (AvgIpc) is 3.74. The lowest BCUT2D eigenvalue weighted by molar-refractivity contribution is 1.17. The molecule has 3 aromatic heterocycles. The van der Waals surface area contributed by atoms with Crippen molar-refractivity contribution >= 4 is 53.3 Å². The maximum absolute atomic E-state index is 5.35. The molecule has 0 saturated carbocycles. The van der Waals surface area contributed by atoms with Gasteiger partial charge < -0.3 is 4.57 Å². The molecule has 0 N–H and O–H groups in total. The summed E-state index contributed by atoms with van der Waals surface area (Å²) in [7, 11) is 0. The minimum Gasteiger partial charge on any atom is -0.309 e. The smallest absolute Gasteiger partial charge is 0.161 e. The standard InChI is InChI=1S/C46H29N3S/c1-3-12-30(13-4-1)31-22-24-32(25-23-31)39-29-40(33-26-27-36-35-16-8-10-21-43(35)50-44(36)28-33)48-46(47-39)38-18-11-20-42-45(38)37-17-7-9-19-41(37)49(42)34-14-5-2-6-15-34/h1-29H. The molecular formula is C46H29N3S. The van der Waals surface area contributed by atoms with Gasteiger partial charge in [0.2, 0.25) is 0 Å². The van der Waals surface area contributed by atoms with Crippen molar-refractivity contribution < 1.29 is 0 Å². The number of nitrogens with zero attached hydrogens (tertiary/aromatic N) is 3. The highest BCUT2D eigenvalue weighted by Crippen LogP contribution is 2.40. The van der Waals surface area contributed by atoms with Crippen molar-refractivity contribution in [3.05, 3.63) is 176 Å². The molecule has 234 valence electrons. The molecule has 0 aliphatic heterocycles. The van der Waals surface area contributed by atoms with Crippen LogP contribution in [-0.2, 0) is 0 Å². The van der Waals surface area contributed by atoms with Gasteiger partial charge in [0.15, 0.2) is 5.82 Å². The lowest BCUT2D eigenvalue weighted by Crippen LogP contribution is -1.97. The number of thiophene rings is 1. The van der Waals surface area contributed by atoms with Crippen LogP contribution in [0.4, 0.5) is 0 Å². The zero-order valence-corrected chi connectivity index (χ0v) is 27.8. The second-order valence-electron chi connectivity index (χ2n) is 12.6. The Morgan fingerprint density at radius 2 is 1.00 bits per heavy atom. The van der Waals surface area contributed by atoms with Gasteiger partial charge in [-0.05, 0) is 53.6 Å². The Balaban J connectivity index is 1.20. The van der Waals surface area contributed by atoms with Gasteiger partial charge in [-0.2, -0.15) is 0 Å². The van der Waals surface area contributed by atoms with Crippen LogP contribution in [0, 0.1) is 0 Å². The number of hydrogen-bond acceptors (Lipinski definition) is 3. The van der Waals surface area contributed by atoms with Crippen LogP contribution >= 0.6 is 11.3 Å². The molecule has 10 rings (SSSR count). The fourth-order valence-corrected chi connectivity index (χ4v) is 8.42. The highest BCUT2D eigenvalue weighted by molar-refractivity contribution is 7.25. The predicted octanol–water partition coefficient (Wildman–Crippen LogP) is 12.6. The zero-order valence-electron chi connectivity index (χ0n) is 27.0. The van der Waals surface area contributed by atoms with E-state index in [9.17, 15) is 0 Å².